The van der Waals surface area contributed by atoms with Gasteiger partial charge in [-0.1, -0.05) is 62.8 Å². The molecule has 0 aromatic carbocycles. The second-order valence-corrected chi connectivity index (χ2v) is 13.1. The molecule has 4 rings (SSSR count). The van der Waals surface area contributed by atoms with Crippen molar-refractivity contribution in [2.75, 3.05) is 18.0 Å². The van der Waals surface area contributed by atoms with Crippen LogP contribution in [0.15, 0.2) is 41.3 Å². The van der Waals surface area contributed by atoms with E-state index in [1.54, 1.807) is 10.7 Å². The summed E-state index contributed by atoms with van der Waals surface area (Å²) in [4.78, 5) is 19.8. The topological polar surface area (TPSA) is 86.3 Å². The molecule has 3 aromatic heterocycles. The Morgan fingerprint density at radius 3 is 2.19 bits per heavy atom. The first-order chi connectivity index (χ1) is 19.3. The predicted molar refractivity (Wildman–Crippen MR) is 181 cm³/mol. The molecule has 3 aromatic rings. The van der Waals surface area contributed by atoms with E-state index in [9.17, 15) is 10.1 Å². The van der Waals surface area contributed by atoms with Gasteiger partial charge in [0.25, 0.3) is 0 Å². The van der Waals surface area contributed by atoms with Crippen molar-refractivity contribution in [1.29, 1.82) is 5.26 Å². The summed E-state index contributed by atoms with van der Waals surface area (Å²) in [6.45, 7) is 23.0. The van der Waals surface area contributed by atoms with Crippen LogP contribution in [0.2, 0.25) is 0 Å². The fourth-order valence-corrected chi connectivity index (χ4v) is 4.87. The molecule has 1 fully saturated rings. The van der Waals surface area contributed by atoms with Crippen LogP contribution in [0.4, 0.5) is 5.82 Å². The van der Waals surface area contributed by atoms with Gasteiger partial charge in [0.1, 0.15) is 11.9 Å². The van der Waals surface area contributed by atoms with Crippen LogP contribution in [0.3, 0.4) is 0 Å². The molecule has 0 atom stereocenters. The Balaban J connectivity index is 0.000000776. The standard InChI is InChI=1S/C24H27BrN6O.C7H16.C2H6.CH4/c1-4-24(23(32)29-16(2)3)7-9-30(10-8-24)21-6-5-17(13-27-21)20-11-19(25)15-31-22(20)18(12-26)14-28-31;1-6(2)7(3,4)5;1-2;/h5-6,11,13-16H,4,7-10H2,1-3H3,(H,29,32);6H,1-5H3;1-2H3;1H4. The molecule has 8 heteroatoms. The third-order valence-corrected chi connectivity index (χ3v) is 8.55. The van der Waals surface area contributed by atoms with Crippen molar-refractivity contribution < 1.29 is 4.79 Å². The Labute approximate surface area is 263 Å². The van der Waals surface area contributed by atoms with E-state index in [-0.39, 0.29) is 24.8 Å². The largest absolute Gasteiger partial charge is 0.357 e. The number of nitrogens with one attached hydrogen (secondary N) is 1. The number of piperidine rings is 1. The monoisotopic (exact) mass is 640 g/mol. The summed E-state index contributed by atoms with van der Waals surface area (Å²) in [7, 11) is 0. The van der Waals surface area contributed by atoms with E-state index in [2.05, 4.69) is 78.9 Å². The van der Waals surface area contributed by atoms with E-state index in [0.717, 1.165) is 65.2 Å². The lowest BCUT2D eigenvalue weighted by molar-refractivity contribution is -0.133. The van der Waals surface area contributed by atoms with E-state index in [4.69, 9.17) is 4.98 Å². The van der Waals surface area contributed by atoms with Crippen molar-refractivity contribution in [2.24, 2.45) is 16.7 Å². The predicted octanol–water partition coefficient (Wildman–Crippen LogP) is 8.90. The zero-order valence-corrected chi connectivity index (χ0v) is 28.3. The molecule has 0 bridgehead atoms. The second-order valence-electron chi connectivity index (χ2n) is 12.2. The van der Waals surface area contributed by atoms with Crippen molar-refractivity contribution >= 4 is 33.2 Å². The van der Waals surface area contributed by atoms with Gasteiger partial charge < -0.3 is 10.2 Å². The molecular formula is C34H53BrN6O. The molecule has 42 heavy (non-hydrogen) atoms. The minimum absolute atomic E-state index is 0. The van der Waals surface area contributed by atoms with Crippen LogP contribution < -0.4 is 10.2 Å². The molecule has 0 aliphatic carbocycles. The highest BCUT2D eigenvalue weighted by atomic mass is 79.9. The quantitative estimate of drug-likeness (QED) is 0.301. The highest BCUT2D eigenvalue weighted by Gasteiger charge is 2.40. The van der Waals surface area contributed by atoms with E-state index in [1.807, 2.05) is 58.3 Å². The highest BCUT2D eigenvalue weighted by Crippen LogP contribution is 2.37. The van der Waals surface area contributed by atoms with Gasteiger partial charge >= 0.3 is 0 Å². The van der Waals surface area contributed by atoms with Gasteiger partial charge in [0.15, 0.2) is 0 Å². The molecule has 1 N–H and O–H groups in total. The minimum Gasteiger partial charge on any atom is -0.357 e. The molecule has 232 valence electrons. The van der Waals surface area contributed by atoms with E-state index >= 15 is 0 Å². The summed E-state index contributed by atoms with van der Waals surface area (Å²) in [6, 6.07) is 8.40. The van der Waals surface area contributed by atoms with Gasteiger partial charge in [0.2, 0.25) is 5.91 Å². The molecule has 0 radical (unpaired) electrons. The smallest absolute Gasteiger partial charge is 0.226 e. The fourth-order valence-electron chi connectivity index (χ4n) is 4.44. The Morgan fingerprint density at radius 1 is 1.14 bits per heavy atom. The third kappa shape index (κ3) is 9.04. The van der Waals surface area contributed by atoms with Crippen LogP contribution in [-0.2, 0) is 4.79 Å². The minimum atomic E-state index is -0.293. The number of rotatable bonds is 5. The van der Waals surface area contributed by atoms with E-state index in [1.165, 1.54) is 0 Å². The third-order valence-electron chi connectivity index (χ3n) is 8.11. The molecule has 1 aliphatic rings. The first-order valence-corrected chi connectivity index (χ1v) is 15.7. The van der Waals surface area contributed by atoms with Crippen molar-refractivity contribution in [3.63, 3.8) is 0 Å². The molecule has 0 spiro atoms. The van der Waals surface area contributed by atoms with Gasteiger partial charge in [-0.2, -0.15) is 10.4 Å². The van der Waals surface area contributed by atoms with Gasteiger partial charge in [-0.3, -0.25) is 4.79 Å². The Hall–Kier alpha value is -2.92. The van der Waals surface area contributed by atoms with Crippen LogP contribution in [0, 0.1) is 28.1 Å². The molecule has 0 saturated carbocycles. The average Bonchev–Trinajstić information content (AvgIpc) is 3.36. The Kier molecular flexibility index (Phi) is 14.2. The number of carbonyl (C=O) groups is 1. The Morgan fingerprint density at radius 2 is 1.74 bits per heavy atom. The summed E-state index contributed by atoms with van der Waals surface area (Å²) in [5, 5.41) is 16.9. The lowest BCUT2D eigenvalue weighted by Crippen LogP contribution is -2.50. The molecule has 1 aliphatic heterocycles. The average molecular weight is 642 g/mol. The maximum Gasteiger partial charge on any atom is 0.226 e. The van der Waals surface area contributed by atoms with Crippen molar-refractivity contribution in [3.8, 4) is 17.2 Å². The summed E-state index contributed by atoms with van der Waals surface area (Å²) >= 11 is 3.53. The molecule has 1 amide bonds. The molecular weight excluding hydrogens is 588 g/mol. The second kappa shape index (κ2) is 16.1. The van der Waals surface area contributed by atoms with Crippen molar-refractivity contribution in [3.05, 3.63) is 46.8 Å². The molecule has 0 unspecified atom stereocenters. The number of fused-ring (bicyclic) bond motifs is 1. The lowest BCUT2D eigenvalue weighted by atomic mass is 9.75. The first-order valence-electron chi connectivity index (χ1n) is 14.9. The number of pyridine rings is 2. The van der Waals surface area contributed by atoms with Gasteiger partial charge in [-0.05, 0) is 78.6 Å². The fraction of sp³-hybridized carbons (Fsp3) is 0.588. The summed E-state index contributed by atoms with van der Waals surface area (Å²) in [6.07, 6.45) is 7.74. The maximum atomic E-state index is 12.8. The van der Waals surface area contributed by atoms with Crippen LogP contribution in [0.25, 0.3) is 16.6 Å². The first kappa shape index (κ1) is 37.1. The number of hydrogen-bond acceptors (Lipinski definition) is 5. The lowest BCUT2D eigenvalue weighted by Gasteiger charge is -2.41. The van der Waals surface area contributed by atoms with Crippen LogP contribution in [0.1, 0.15) is 101 Å². The summed E-state index contributed by atoms with van der Waals surface area (Å²) in [5.74, 6) is 1.88. The van der Waals surface area contributed by atoms with Gasteiger partial charge in [0.05, 0.1) is 22.7 Å². The number of hydrogen-bond donors (Lipinski definition) is 1. The van der Waals surface area contributed by atoms with E-state index in [0.29, 0.717) is 11.0 Å². The molecule has 7 nitrogen and oxygen atoms in total. The van der Waals surface area contributed by atoms with Crippen LogP contribution in [-0.4, -0.2) is 39.6 Å². The highest BCUT2D eigenvalue weighted by molar-refractivity contribution is 9.10. The Bertz CT molecular complexity index is 1310. The summed E-state index contributed by atoms with van der Waals surface area (Å²) in [5.41, 5.74) is 3.34. The van der Waals surface area contributed by atoms with Crippen LogP contribution >= 0.6 is 15.9 Å². The van der Waals surface area contributed by atoms with Crippen molar-refractivity contribution in [2.45, 2.75) is 102 Å². The normalized spacial score (nSPS) is 14.2. The SMILES string of the molecule is C.CC.CC(C)C(C)(C)C.CCC1(C(=O)NC(C)C)CCN(c2ccc(-c3cc(Br)cn4ncc(C#N)c34)cn2)CC1. The molecule has 1 saturated heterocycles. The van der Waals surface area contributed by atoms with Gasteiger partial charge in [-0.25, -0.2) is 9.50 Å². The number of halogens is 1. The number of carbonyl (C=O) groups excluding carboxylic acids is 1. The van der Waals surface area contributed by atoms with E-state index < -0.39 is 0 Å². The molecule has 4 heterocycles. The number of nitriles is 1. The number of aromatic nitrogens is 3. The van der Waals surface area contributed by atoms with Crippen LogP contribution in [0.5, 0.6) is 0 Å². The zero-order valence-electron chi connectivity index (χ0n) is 26.7. The number of nitrogens with zero attached hydrogens (tertiary/aromatic N) is 5. The maximum absolute atomic E-state index is 12.8. The zero-order chi connectivity index (χ0) is 31.0. The summed E-state index contributed by atoms with van der Waals surface area (Å²) < 4.78 is 2.59. The number of amides is 1. The van der Waals surface area contributed by atoms with Gasteiger partial charge in [-0.15, -0.1) is 0 Å². The van der Waals surface area contributed by atoms with Crippen molar-refractivity contribution in [1.82, 2.24) is 19.9 Å². The van der Waals surface area contributed by atoms with Gasteiger partial charge in [0, 0.05) is 47.1 Å². The number of anilines is 1.